The van der Waals surface area contributed by atoms with Crippen LogP contribution in [0.15, 0.2) is 36.5 Å². The van der Waals surface area contributed by atoms with Crippen LogP contribution in [0.2, 0.25) is 5.02 Å². The number of piperidine rings is 1. The van der Waals surface area contributed by atoms with Crippen LogP contribution in [0.1, 0.15) is 57.7 Å². The van der Waals surface area contributed by atoms with Crippen LogP contribution in [0.3, 0.4) is 0 Å². The van der Waals surface area contributed by atoms with Gasteiger partial charge < -0.3 is 15.0 Å². The highest BCUT2D eigenvalue weighted by Gasteiger charge is 2.34. The van der Waals surface area contributed by atoms with Crippen molar-refractivity contribution in [1.29, 1.82) is 0 Å². The van der Waals surface area contributed by atoms with E-state index in [1.54, 1.807) is 44.7 Å². The molecule has 0 bridgehead atoms. The van der Waals surface area contributed by atoms with Crippen molar-refractivity contribution < 1.29 is 19.1 Å². The molecule has 1 aliphatic rings. The zero-order valence-electron chi connectivity index (χ0n) is 20.1. The Hall–Kier alpha value is -3.13. The fourth-order valence-corrected chi connectivity index (χ4v) is 4.13. The number of rotatable bonds is 3. The van der Waals surface area contributed by atoms with Crippen LogP contribution in [-0.2, 0) is 14.3 Å². The van der Waals surface area contributed by atoms with Crippen molar-refractivity contribution in [1.82, 2.24) is 9.88 Å². The first-order valence-corrected chi connectivity index (χ1v) is 11.6. The molecule has 182 valence electrons. The summed E-state index contributed by atoms with van der Waals surface area (Å²) in [6.07, 6.45) is 2.48. The van der Waals surface area contributed by atoms with Crippen molar-refractivity contribution in [3.63, 3.8) is 0 Å². The molecule has 34 heavy (non-hydrogen) atoms. The minimum absolute atomic E-state index is 0.214. The van der Waals surface area contributed by atoms with Gasteiger partial charge in [-0.25, -0.2) is 9.78 Å². The van der Waals surface area contributed by atoms with Gasteiger partial charge in [0.05, 0.1) is 17.9 Å². The van der Waals surface area contributed by atoms with E-state index in [2.05, 4.69) is 22.5 Å². The second kappa shape index (κ2) is 10.4. The number of likely N-dealkylation sites (tertiary alicyclic amines) is 1. The lowest BCUT2D eigenvalue weighted by atomic mass is 9.90. The lowest BCUT2D eigenvalue weighted by Crippen LogP contribution is -2.46. The summed E-state index contributed by atoms with van der Waals surface area (Å²) in [5, 5.41) is 5.81. The third-order valence-electron chi connectivity index (χ3n) is 5.46. The Kier molecular flexibility index (Phi) is 7.82. The number of carbonyl (C=O) groups excluding carboxylic acids is 3. The van der Waals surface area contributed by atoms with E-state index in [9.17, 15) is 14.4 Å². The number of amides is 3. The molecular formula is C25H31ClN4O4. The van der Waals surface area contributed by atoms with Crippen LogP contribution in [0, 0.1) is 12.8 Å². The number of pyridine rings is 1. The third kappa shape index (κ3) is 6.70. The molecule has 1 fully saturated rings. The van der Waals surface area contributed by atoms with Gasteiger partial charge in [-0.15, -0.1) is 0 Å². The molecule has 2 aromatic rings. The third-order valence-corrected chi connectivity index (χ3v) is 5.70. The lowest BCUT2D eigenvalue weighted by Gasteiger charge is -2.38. The molecule has 9 heteroatoms. The van der Waals surface area contributed by atoms with E-state index >= 15 is 0 Å². The number of hydrogen-bond donors (Lipinski definition) is 2. The fraction of sp³-hybridized carbons (Fsp3) is 0.440. The predicted octanol–water partition coefficient (Wildman–Crippen LogP) is 5.33. The van der Waals surface area contributed by atoms with Crippen molar-refractivity contribution in [3.05, 3.63) is 52.7 Å². The summed E-state index contributed by atoms with van der Waals surface area (Å²) in [7, 11) is 0. The van der Waals surface area contributed by atoms with E-state index < -0.39 is 23.5 Å². The highest BCUT2D eigenvalue weighted by atomic mass is 35.5. The van der Waals surface area contributed by atoms with Gasteiger partial charge >= 0.3 is 17.9 Å². The summed E-state index contributed by atoms with van der Waals surface area (Å²) in [6.45, 7) is 9.59. The highest BCUT2D eigenvalue weighted by Crippen LogP contribution is 2.34. The molecule has 8 nitrogen and oxygen atoms in total. The van der Waals surface area contributed by atoms with Crippen LogP contribution in [0.5, 0.6) is 0 Å². The maximum absolute atomic E-state index is 13.1. The van der Waals surface area contributed by atoms with E-state index in [0.717, 1.165) is 18.4 Å². The number of hydrogen-bond acceptors (Lipinski definition) is 5. The number of aryl methyl sites for hydroxylation is 1. The Balaban J connectivity index is 1.70. The van der Waals surface area contributed by atoms with Gasteiger partial charge in [0.15, 0.2) is 0 Å². The van der Waals surface area contributed by atoms with Crippen molar-refractivity contribution in [2.24, 2.45) is 5.92 Å². The number of ether oxygens (including phenoxy) is 1. The SMILES string of the molecule is Cc1cc(NC(=O)C(=O)N2C[C@H](C)CC[C@H]2c2cccc(Cl)c2)cnc1NC(=O)OC(C)(C)C. The van der Waals surface area contributed by atoms with E-state index in [1.165, 1.54) is 6.20 Å². The second-order valence-corrected chi connectivity index (χ2v) is 10.1. The zero-order valence-corrected chi connectivity index (χ0v) is 20.9. The Bertz CT molecular complexity index is 1080. The summed E-state index contributed by atoms with van der Waals surface area (Å²) in [6, 6.07) is 8.82. The smallest absolute Gasteiger partial charge is 0.413 e. The maximum Gasteiger partial charge on any atom is 0.413 e. The molecule has 0 unspecified atom stereocenters. The Morgan fingerprint density at radius 1 is 1.15 bits per heavy atom. The first-order valence-electron chi connectivity index (χ1n) is 11.3. The molecule has 2 heterocycles. The number of halogens is 1. The van der Waals surface area contributed by atoms with Gasteiger partial charge in [-0.3, -0.25) is 14.9 Å². The minimum atomic E-state index is -0.741. The summed E-state index contributed by atoms with van der Waals surface area (Å²) in [5.41, 5.74) is 1.24. The highest BCUT2D eigenvalue weighted by molar-refractivity contribution is 6.39. The van der Waals surface area contributed by atoms with Gasteiger partial charge in [0, 0.05) is 11.6 Å². The molecule has 1 aliphatic heterocycles. The summed E-state index contributed by atoms with van der Waals surface area (Å²) >= 11 is 6.16. The van der Waals surface area contributed by atoms with E-state index in [-0.39, 0.29) is 12.0 Å². The van der Waals surface area contributed by atoms with Gasteiger partial charge in [-0.05, 0) is 75.8 Å². The van der Waals surface area contributed by atoms with Gasteiger partial charge in [-0.1, -0.05) is 30.7 Å². The second-order valence-electron chi connectivity index (χ2n) is 9.68. The van der Waals surface area contributed by atoms with Gasteiger partial charge in [-0.2, -0.15) is 0 Å². The molecule has 3 amide bonds. The molecule has 3 rings (SSSR count). The average Bonchev–Trinajstić information content (AvgIpc) is 2.73. The standard InChI is InChI=1S/C25H31ClN4O4/c1-15-9-10-20(17-7-6-8-18(26)12-17)30(14-15)23(32)22(31)28-19-11-16(2)21(27-13-19)29-24(33)34-25(3,4)5/h6-8,11-13,15,20H,9-10,14H2,1-5H3,(H,28,31)(H,27,29,33)/t15-,20+/m1/s1. The van der Waals surface area contributed by atoms with Crippen LogP contribution in [0.25, 0.3) is 0 Å². The number of anilines is 2. The monoisotopic (exact) mass is 486 g/mol. The molecule has 1 aromatic heterocycles. The van der Waals surface area contributed by atoms with Crippen LogP contribution in [-0.4, -0.2) is 39.9 Å². The summed E-state index contributed by atoms with van der Waals surface area (Å²) < 4.78 is 5.23. The quantitative estimate of drug-likeness (QED) is 0.571. The topological polar surface area (TPSA) is 101 Å². The largest absolute Gasteiger partial charge is 0.444 e. The zero-order chi connectivity index (χ0) is 25.0. The normalized spacial score (nSPS) is 18.2. The number of nitrogens with one attached hydrogen (secondary N) is 2. The molecule has 0 aliphatic carbocycles. The van der Waals surface area contributed by atoms with Crippen molar-refractivity contribution in [3.8, 4) is 0 Å². The lowest BCUT2D eigenvalue weighted by molar-refractivity contribution is -0.146. The van der Waals surface area contributed by atoms with Gasteiger partial charge in [0.1, 0.15) is 11.4 Å². The first-order chi connectivity index (χ1) is 15.9. The number of nitrogens with zero attached hydrogens (tertiary/aromatic N) is 2. The molecule has 1 saturated heterocycles. The Labute approximate surface area is 205 Å². The van der Waals surface area contributed by atoms with Gasteiger partial charge in [0.2, 0.25) is 0 Å². The van der Waals surface area contributed by atoms with E-state index in [1.807, 2.05) is 18.2 Å². The average molecular weight is 487 g/mol. The summed E-state index contributed by atoms with van der Waals surface area (Å²) in [4.78, 5) is 43.8. The Morgan fingerprint density at radius 3 is 2.53 bits per heavy atom. The molecule has 2 atom stereocenters. The minimum Gasteiger partial charge on any atom is -0.444 e. The van der Waals surface area contributed by atoms with Crippen molar-refractivity contribution in [2.45, 2.75) is 59.1 Å². The number of aromatic nitrogens is 1. The summed E-state index contributed by atoms with van der Waals surface area (Å²) in [5.74, 6) is -0.751. The van der Waals surface area contributed by atoms with E-state index in [4.69, 9.17) is 16.3 Å². The van der Waals surface area contributed by atoms with Crippen LogP contribution < -0.4 is 10.6 Å². The van der Waals surface area contributed by atoms with Crippen molar-refractivity contribution >= 4 is 41.0 Å². The molecule has 2 N–H and O–H groups in total. The van der Waals surface area contributed by atoms with E-state index in [0.29, 0.717) is 28.6 Å². The number of benzene rings is 1. The first kappa shape index (κ1) is 25.5. The molecule has 1 aromatic carbocycles. The van der Waals surface area contributed by atoms with Gasteiger partial charge in [0.25, 0.3) is 0 Å². The van der Waals surface area contributed by atoms with Crippen LogP contribution in [0.4, 0.5) is 16.3 Å². The van der Waals surface area contributed by atoms with Crippen molar-refractivity contribution in [2.75, 3.05) is 17.2 Å². The Morgan fingerprint density at radius 2 is 1.88 bits per heavy atom. The molecule has 0 saturated carbocycles. The molecule has 0 spiro atoms. The maximum atomic E-state index is 13.1. The molecular weight excluding hydrogens is 456 g/mol. The molecule has 0 radical (unpaired) electrons. The fourth-order valence-electron chi connectivity index (χ4n) is 3.93. The predicted molar refractivity (Wildman–Crippen MR) is 132 cm³/mol. The number of carbonyl (C=O) groups is 3. The van der Waals surface area contributed by atoms with Crippen LogP contribution >= 0.6 is 11.6 Å².